The van der Waals surface area contributed by atoms with Crippen molar-refractivity contribution in [2.24, 2.45) is 5.92 Å². The molecule has 0 aromatic heterocycles. The third-order valence-electron chi connectivity index (χ3n) is 1.93. The van der Waals surface area contributed by atoms with Gasteiger partial charge in [0.15, 0.2) is 0 Å². The van der Waals surface area contributed by atoms with Gasteiger partial charge in [-0.15, -0.1) is 0 Å². The van der Waals surface area contributed by atoms with E-state index in [-0.39, 0.29) is 0 Å². The Kier molecular flexibility index (Phi) is 7.59. The second kappa shape index (κ2) is 7.80. The van der Waals surface area contributed by atoms with E-state index in [2.05, 4.69) is 31.3 Å². The lowest BCUT2D eigenvalue weighted by Gasteiger charge is -2.08. The fourth-order valence-corrected chi connectivity index (χ4v) is 1.09. The van der Waals surface area contributed by atoms with Crippen molar-refractivity contribution in [3.8, 4) is 0 Å². The van der Waals surface area contributed by atoms with Crippen LogP contribution >= 0.6 is 0 Å². The molecular formula is C10H21N. The lowest BCUT2D eigenvalue weighted by molar-refractivity contribution is 0.551. The molecule has 1 N–H and O–H groups in total. The predicted molar refractivity (Wildman–Crippen MR) is 51.8 cm³/mol. The third kappa shape index (κ3) is 6.11. The van der Waals surface area contributed by atoms with E-state index < -0.39 is 0 Å². The molecule has 0 aromatic carbocycles. The summed E-state index contributed by atoms with van der Waals surface area (Å²) in [4.78, 5) is 0. The molecule has 0 bridgehead atoms. The Morgan fingerprint density at radius 1 is 1.36 bits per heavy atom. The van der Waals surface area contributed by atoms with E-state index in [0.29, 0.717) is 0 Å². The van der Waals surface area contributed by atoms with Crippen LogP contribution in [0.3, 0.4) is 0 Å². The highest BCUT2D eigenvalue weighted by Crippen LogP contribution is 2.08. The second-order valence-corrected chi connectivity index (χ2v) is 2.90. The molecule has 0 amide bonds. The summed E-state index contributed by atoms with van der Waals surface area (Å²) in [5.41, 5.74) is 0. The van der Waals surface area contributed by atoms with Crippen LogP contribution in [-0.4, -0.2) is 13.6 Å². The maximum Gasteiger partial charge on any atom is -0.00463 e. The molecule has 0 saturated heterocycles. The minimum absolute atomic E-state index is 0.780. The molecule has 0 heterocycles. The van der Waals surface area contributed by atoms with E-state index in [1.165, 1.54) is 12.8 Å². The lowest BCUT2D eigenvalue weighted by atomic mass is 10.0. The summed E-state index contributed by atoms with van der Waals surface area (Å²) in [7, 11) is 2.01. The van der Waals surface area contributed by atoms with Crippen LogP contribution in [0, 0.1) is 5.92 Å². The zero-order valence-electron chi connectivity index (χ0n) is 8.06. The molecule has 0 saturated carbocycles. The van der Waals surface area contributed by atoms with E-state index in [9.17, 15) is 0 Å². The minimum atomic E-state index is 0.780. The number of allylic oxidation sites excluding steroid dienone is 2. The topological polar surface area (TPSA) is 12.0 Å². The number of hydrogen-bond acceptors (Lipinski definition) is 1. The Bertz CT molecular complexity index is 97.0. The normalized spacial score (nSPS) is 14.1. The minimum Gasteiger partial charge on any atom is -0.320 e. The molecule has 0 spiro atoms. The highest BCUT2D eigenvalue weighted by molar-refractivity contribution is 4.87. The first-order valence-corrected chi connectivity index (χ1v) is 4.66. The summed E-state index contributed by atoms with van der Waals surface area (Å²) in [5.74, 6) is 0.780. The molecule has 0 rings (SSSR count). The molecule has 1 heteroatoms. The highest BCUT2D eigenvalue weighted by Gasteiger charge is 1.98. The standard InChI is InChI=1S/C10H21N/c1-4-6-7-10(5-2)8-9-11-3/h6-7,10-11H,4-5,8-9H2,1-3H3/b7-6-. The lowest BCUT2D eigenvalue weighted by Crippen LogP contribution is -2.11. The van der Waals surface area contributed by atoms with Crippen LogP contribution < -0.4 is 5.32 Å². The monoisotopic (exact) mass is 155 g/mol. The molecule has 0 aromatic rings. The Hall–Kier alpha value is -0.300. The zero-order chi connectivity index (χ0) is 8.53. The van der Waals surface area contributed by atoms with Gasteiger partial charge in [-0.05, 0) is 38.8 Å². The molecule has 66 valence electrons. The molecule has 0 aliphatic heterocycles. The average molecular weight is 155 g/mol. The first-order chi connectivity index (χ1) is 5.35. The van der Waals surface area contributed by atoms with Gasteiger partial charge in [0.25, 0.3) is 0 Å². The fourth-order valence-electron chi connectivity index (χ4n) is 1.09. The van der Waals surface area contributed by atoms with E-state index >= 15 is 0 Å². The van der Waals surface area contributed by atoms with Gasteiger partial charge in [-0.2, -0.15) is 0 Å². The van der Waals surface area contributed by atoms with Gasteiger partial charge in [-0.3, -0.25) is 0 Å². The van der Waals surface area contributed by atoms with Crippen LogP contribution in [0.15, 0.2) is 12.2 Å². The van der Waals surface area contributed by atoms with Gasteiger partial charge in [0.1, 0.15) is 0 Å². The fraction of sp³-hybridized carbons (Fsp3) is 0.800. The van der Waals surface area contributed by atoms with E-state index in [4.69, 9.17) is 0 Å². The van der Waals surface area contributed by atoms with E-state index in [1.807, 2.05) is 7.05 Å². The molecule has 11 heavy (non-hydrogen) atoms. The molecule has 1 nitrogen and oxygen atoms in total. The Morgan fingerprint density at radius 3 is 2.55 bits per heavy atom. The van der Waals surface area contributed by atoms with Gasteiger partial charge in [-0.1, -0.05) is 26.0 Å². The van der Waals surface area contributed by atoms with Crippen LogP contribution in [0.25, 0.3) is 0 Å². The van der Waals surface area contributed by atoms with Gasteiger partial charge in [0, 0.05) is 0 Å². The molecule has 0 aliphatic rings. The summed E-state index contributed by atoms with van der Waals surface area (Å²) < 4.78 is 0. The Labute approximate surface area is 70.9 Å². The van der Waals surface area contributed by atoms with Gasteiger partial charge < -0.3 is 5.32 Å². The van der Waals surface area contributed by atoms with Crippen LogP contribution in [-0.2, 0) is 0 Å². The quantitative estimate of drug-likeness (QED) is 0.581. The van der Waals surface area contributed by atoms with Crippen molar-refractivity contribution in [3.63, 3.8) is 0 Å². The maximum absolute atomic E-state index is 3.18. The summed E-state index contributed by atoms with van der Waals surface area (Å²) in [6.07, 6.45) is 8.30. The number of rotatable bonds is 6. The van der Waals surface area contributed by atoms with Gasteiger partial charge >= 0.3 is 0 Å². The zero-order valence-corrected chi connectivity index (χ0v) is 8.06. The molecule has 0 fully saturated rings. The van der Waals surface area contributed by atoms with E-state index in [1.54, 1.807) is 0 Å². The summed E-state index contributed by atoms with van der Waals surface area (Å²) >= 11 is 0. The van der Waals surface area contributed by atoms with Crippen molar-refractivity contribution in [1.82, 2.24) is 5.32 Å². The van der Waals surface area contributed by atoms with Crippen LogP contribution in [0.5, 0.6) is 0 Å². The predicted octanol–water partition coefficient (Wildman–Crippen LogP) is 2.59. The van der Waals surface area contributed by atoms with Crippen LogP contribution in [0.1, 0.15) is 33.1 Å². The first kappa shape index (κ1) is 10.7. The molecule has 1 atom stereocenters. The van der Waals surface area contributed by atoms with Gasteiger partial charge in [-0.25, -0.2) is 0 Å². The van der Waals surface area contributed by atoms with Crippen molar-refractivity contribution in [2.75, 3.05) is 13.6 Å². The Morgan fingerprint density at radius 2 is 2.09 bits per heavy atom. The van der Waals surface area contributed by atoms with Crippen LogP contribution in [0.2, 0.25) is 0 Å². The smallest absolute Gasteiger partial charge is 0.00463 e. The third-order valence-corrected chi connectivity index (χ3v) is 1.93. The largest absolute Gasteiger partial charge is 0.320 e. The van der Waals surface area contributed by atoms with Crippen molar-refractivity contribution in [2.45, 2.75) is 33.1 Å². The first-order valence-electron chi connectivity index (χ1n) is 4.66. The molecule has 1 unspecified atom stereocenters. The Balaban J connectivity index is 3.48. The average Bonchev–Trinajstić information content (AvgIpc) is 2.05. The van der Waals surface area contributed by atoms with Gasteiger partial charge in [0.2, 0.25) is 0 Å². The maximum atomic E-state index is 3.18. The van der Waals surface area contributed by atoms with Crippen molar-refractivity contribution >= 4 is 0 Å². The summed E-state index contributed by atoms with van der Waals surface area (Å²) in [6, 6.07) is 0. The number of hydrogen-bond donors (Lipinski definition) is 1. The van der Waals surface area contributed by atoms with Crippen LogP contribution in [0.4, 0.5) is 0 Å². The second-order valence-electron chi connectivity index (χ2n) is 2.90. The molecule has 0 aliphatic carbocycles. The van der Waals surface area contributed by atoms with Gasteiger partial charge in [0.05, 0.1) is 0 Å². The van der Waals surface area contributed by atoms with E-state index in [0.717, 1.165) is 18.9 Å². The van der Waals surface area contributed by atoms with Crippen molar-refractivity contribution in [1.29, 1.82) is 0 Å². The SMILES string of the molecule is CC/C=C\C(CC)CCNC. The highest BCUT2D eigenvalue weighted by atomic mass is 14.8. The number of nitrogens with one attached hydrogen (secondary N) is 1. The van der Waals surface area contributed by atoms with Crippen molar-refractivity contribution < 1.29 is 0 Å². The van der Waals surface area contributed by atoms with Crippen molar-refractivity contribution in [3.05, 3.63) is 12.2 Å². The molecule has 0 radical (unpaired) electrons. The summed E-state index contributed by atoms with van der Waals surface area (Å²) in [6.45, 7) is 5.56. The summed E-state index contributed by atoms with van der Waals surface area (Å²) in [5, 5.41) is 3.18. The molecular weight excluding hydrogens is 134 g/mol.